The predicted octanol–water partition coefficient (Wildman–Crippen LogP) is 3.38. The third-order valence-electron chi connectivity index (χ3n) is 2.43. The van der Waals surface area contributed by atoms with E-state index >= 15 is 0 Å². The summed E-state index contributed by atoms with van der Waals surface area (Å²) in [6, 6.07) is 5.01. The van der Waals surface area contributed by atoms with Crippen LogP contribution in [0.2, 0.25) is 10.0 Å². The molecule has 4 nitrogen and oxygen atoms in total. The number of carbonyl (C=O) groups is 2. The Bertz CT molecular complexity index is 495. The van der Waals surface area contributed by atoms with Crippen LogP contribution >= 0.6 is 23.2 Å². The summed E-state index contributed by atoms with van der Waals surface area (Å²) in [7, 11) is 0. The SMILES string of the molecule is O=C(O)CCCCNC(=O)C=Cc1cc(Cl)cc(Cl)c1. The molecule has 6 heteroatoms. The van der Waals surface area contributed by atoms with Crippen LogP contribution in [0.15, 0.2) is 24.3 Å². The Morgan fingerprint density at radius 2 is 1.80 bits per heavy atom. The molecule has 20 heavy (non-hydrogen) atoms. The minimum Gasteiger partial charge on any atom is -0.481 e. The van der Waals surface area contributed by atoms with Gasteiger partial charge in [-0.15, -0.1) is 0 Å². The van der Waals surface area contributed by atoms with Crippen LogP contribution < -0.4 is 5.32 Å². The maximum atomic E-state index is 11.5. The number of aliphatic carboxylic acids is 1. The molecular formula is C14H15Cl2NO3. The van der Waals surface area contributed by atoms with E-state index in [1.807, 2.05) is 0 Å². The standard InChI is InChI=1S/C14H15Cl2NO3/c15-11-7-10(8-12(16)9-11)4-5-13(18)17-6-2-1-3-14(19)20/h4-5,7-9H,1-3,6H2,(H,17,18)(H,19,20). The smallest absolute Gasteiger partial charge is 0.303 e. The molecular weight excluding hydrogens is 301 g/mol. The van der Waals surface area contributed by atoms with Crippen LogP contribution in [0.25, 0.3) is 6.08 Å². The first-order chi connectivity index (χ1) is 9.47. The van der Waals surface area contributed by atoms with Gasteiger partial charge in [-0.2, -0.15) is 0 Å². The maximum absolute atomic E-state index is 11.5. The Balaban J connectivity index is 2.34. The van der Waals surface area contributed by atoms with Crippen molar-refractivity contribution in [3.05, 3.63) is 39.9 Å². The minimum absolute atomic E-state index is 0.118. The molecule has 0 aliphatic rings. The molecule has 0 spiro atoms. The summed E-state index contributed by atoms with van der Waals surface area (Å²) in [5, 5.41) is 12.1. The van der Waals surface area contributed by atoms with Gasteiger partial charge in [0.1, 0.15) is 0 Å². The molecule has 108 valence electrons. The molecule has 0 saturated carbocycles. The largest absolute Gasteiger partial charge is 0.481 e. The predicted molar refractivity (Wildman–Crippen MR) is 80.0 cm³/mol. The first-order valence-electron chi connectivity index (χ1n) is 6.11. The molecule has 0 heterocycles. The number of benzene rings is 1. The molecule has 1 rings (SSSR count). The third kappa shape index (κ3) is 7.16. The lowest BCUT2D eigenvalue weighted by molar-refractivity contribution is -0.137. The van der Waals surface area contributed by atoms with E-state index in [2.05, 4.69) is 5.32 Å². The van der Waals surface area contributed by atoms with Gasteiger partial charge in [0.25, 0.3) is 0 Å². The Labute approximate surface area is 127 Å². The Kier molecular flexibility index (Phi) is 7.12. The van der Waals surface area contributed by atoms with Gasteiger partial charge < -0.3 is 10.4 Å². The first kappa shape index (κ1) is 16.5. The number of unbranched alkanes of at least 4 members (excludes halogenated alkanes) is 1. The normalized spacial score (nSPS) is 10.7. The van der Waals surface area contributed by atoms with E-state index in [1.54, 1.807) is 24.3 Å². The highest BCUT2D eigenvalue weighted by Crippen LogP contribution is 2.19. The summed E-state index contributed by atoms with van der Waals surface area (Å²) >= 11 is 11.7. The molecule has 0 bridgehead atoms. The topological polar surface area (TPSA) is 66.4 Å². The van der Waals surface area contributed by atoms with Gasteiger partial charge in [-0.25, -0.2) is 0 Å². The highest BCUT2D eigenvalue weighted by molar-refractivity contribution is 6.34. The molecule has 0 saturated heterocycles. The quantitative estimate of drug-likeness (QED) is 0.598. The molecule has 0 atom stereocenters. The van der Waals surface area contributed by atoms with Gasteiger partial charge in [-0.3, -0.25) is 9.59 Å². The van der Waals surface area contributed by atoms with E-state index in [-0.39, 0.29) is 12.3 Å². The second-order valence-electron chi connectivity index (χ2n) is 4.18. The molecule has 1 amide bonds. The number of carboxylic acid groups (broad SMARTS) is 1. The lowest BCUT2D eigenvalue weighted by atomic mass is 10.2. The van der Waals surface area contributed by atoms with Crippen LogP contribution in [0, 0.1) is 0 Å². The molecule has 2 N–H and O–H groups in total. The van der Waals surface area contributed by atoms with Crippen molar-refractivity contribution < 1.29 is 14.7 Å². The van der Waals surface area contributed by atoms with E-state index in [4.69, 9.17) is 28.3 Å². The number of hydrogen-bond acceptors (Lipinski definition) is 2. The van der Waals surface area contributed by atoms with Crippen molar-refractivity contribution in [2.45, 2.75) is 19.3 Å². The van der Waals surface area contributed by atoms with Crippen LogP contribution in [-0.2, 0) is 9.59 Å². The van der Waals surface area contributed by atoms with Crippen molar-refractivity contribution in [1.82, 2.24) is 5.32 Å². The Morgan fingerprint density at radius 3 is 2.40 bits per heavy atom. The summed E-state index contributed by atoms with van der Waals surface area (Å²) in [6.07, 6.45) is 4.30. The van der Waals surface area contributed by atoms with Gasteiger partial charge >= 0.3 is 5.97 Å². The van der Waals surface area contributed by atoms with Crippen LogP contribution in [0.1, 0.15) is 24.8 Å². The van der Waals surface area contributed by atoms with E-state index in [0.717, 1.165) is 5.56 Å². The van der Waals surface area contributed by atoms with Gasteiger partial charge in [0.2, 0.25) is 5.91 Å². The number of rotatable bonds is 7. The lowest BCUT2D eigenvalue weighted by Gasteiger charge is -2.01. The summed E-state index contributed by atoms with van der Waals surface area (Å²) < 4.78 is 0. The zero-order valence-corrected chi connectivity index (χ0v) is 12.2. The molecule has 0 aliphatic carbocycles. The van der Waals surface area contributed by atoms with Crippen LogP contribution in [0.5, 0.6) is 0 Å². The average molecular weight is 316 g/mol. The number of amides is 1. The van der Waals surface area contributed by atoms with E-state index < -0.39 is 5.97 Å². The maximum Gasteiger partial charge on any atom is 0.303 e. The number of carboxylic acids is 1. The Hall–Kier alpha value is -1.52. The van der Waals surface area contributed by atoms with Crippen molar-refractivity contribution in [3.8, 4) is 0 Å². The van der Waals surface area contributed by atoms with E-state index in [9.17, 15) is 9.59 Å². The van der Waals surface area contributed by atoms with Gasteiger partial charge in [-0.1, -0.05) is 23.2 Å². The Morgan fingerprint density at radius 1 is 1.15 bits per heavy atom. The second kappa shape index (κ2) is 8.61. The van der Waals surface area contributed by atoms with Crippen LogP contribution in [-0.4, -0.2) is 23.5 Å². The zero-order valence-electron chi connectivity index (χ0n) is 10.7. The number of halogens is 2. The molecule has 1 aromatic rings. The van der Waals surface area contributed by atoms with Crippen molar-refractivity contribution in [2.24, 2.45) is 0 Å². The molecule has 0 fully saturated rings. The summed E-state index contributed by atoms with van der Waals surface area (Å²) in [6.45, 7) is 0.451. The molecule has 0 aliphatic heterocycles. The van der Waals surface area contributed by atoms with E-state index in [0.29, 0.717) is 29.4 Å². The molecule has 0 unspecified atom stereocenters. The van der Waals surface area contributed by atoms with Crippen molar-refractivity contribution in [1.29, 1.82) is 0 Å². The summed E-state index contributed by atoms with van der Waals surface area (Å²) in [5.74, 6) is -1.06. The van der Waals surface area contributed by atoms with Crippen LogP contribution in [0.4, 0.5) is 0 Å². The van der Waals surface area contributed by atoms with Crippen LogP contribution in [0.3, 0.4) is 0 Å². The number of carbonyl (C=O) groups excluding carboxylic acids is 1. The zero-order chi connectivity index (χ0) is 15.0. The molecule has 1 aromatic carbocycles. The number of hydrogen-bond donors (Lipinski definition) is 2. The first-order valence-corrected chi connectivity index (χ1v) is 6.87. The fraction of sp³-hybridized carbons (Fsp3) is 0.286. The number of nitrogens with one attached hydrogen (secondary N) is 1. The second-order valence-corrected chi connectivity index (χ2v) is 5.05. The van der Waals surface area contributed by atoms with Gasteiger partial charge in [-0.05, 0) is 42.7 Å². The lowest BCUT2D eigenvalue weighted by Crippen LogP contribution is -2.22. The van der Waals surface area contributed by atoms with Crippen molar-refractivity contribution in [2.75, 3.05) is 6.54 Å². The van der Waals surface area contributed by atoms with Gasteiger partial charge in [0.05, 0.1) is 0 Å². The summed E-state index contributed by atoms with van der Waals surface area (Å²) in [5.41, 5.74) is 0.739. The van der Waals surface area contributed by atoms with Crippen molar-refractivity contribution >= 4 is 41.2 Å². The highest BCUT2D eigenvalue weighted by atomic mass is 35.5. The highest BCUT2D eigenvalue weighted by Gasteiger charge is 1.99. The van der Waals surface area contributed by atoms with Gasteiger partial charge in [0.15, 0.2) is 0 Å². The third-order valence-corrected chi connectivity index (χ3v) is 2.87. The fourth-order valence-corrected chi connectivity index (χ4v) is 2.06. The minimum atomic E-state index is -0.825. The van der Waals surface area contributed by atoms with E-state index in [1.165, 1.54) is 6.08 Å². The monoisotopic (exact) mass is 315 g/mol. The average Bonchev–Trinajstić information content (AvgIpc) is 2.34. The summed E-state index contributed by atoms with van der Waals surface area (Å²) in [4.78, 5) is 21.8. The van der Waals surface area contributed by atoms with Crippen molar-refractivity contribution in [3.63, 3.8) is 0 Å². The fourth-order valence-electron chi connectivity index (χ4n) is 1.52. The molecule has 0 aromatic heterocycles. The van der Waals surface area contributed by atoms with Gasteiger partial charge in [0, 0.05) is 29.1 Å². The molecule has 0 radical (unpaired) electrons.